The lowest BCUT2D eigenvalue weighted by atomic mass is 10.1. The fourth-order valence-electron chi connectivity index (χ4n) is 1.41. The van der Waals surface area contributed by atoms with Gasteiger partial charge in [0, 0.05) is 16.9 Å². The number of ketones is 1. The van der Waals surface area contributed by atoms with Gasteiger partial charge in [0.15, 0.2) is 5.78 Å². The molecule has 0 saturated heterocycles. The summed E-state index contributed by atoms with van der Waals surface area (Å²) < 4.78 is 0.683. The Morgan fingerprint density at radius 1 is 1.24 bits per heavy atom. The van der Waals surface area contributed by atoms with Gasteiger partial charge in [0.2, 0.25) is 0 Å². The molecule has 2 nitrogen and oxygen atoms in total. The standard InChI is InChI=1S/C12H9Cl2NOS/c13-9-5-7(1-3-10(9)15)11(16)6-8-2-4-12(14)17-8/h1-5H,6,15H2. The highest BCUT2D eigenvalue weighted by atomic mass is 35.5. The minimum absolute atomic E-state index is 0.00502. The number of thiophene rings is 1. The van der Waals surface area contributed by atoms with Gasteiger partial charge in [-0.2, -0.15) is 0 Å². The fraction of sp³-hybridized carbons (Fsp3) is 0.0833. The lowest BCUT2D eigenvalue weighted by Gasteiger charge is -2.02. The first kappa shape index (κ1) is 12.4. The molecule has 0 saturated carbocycles. The zero-order valence-electron chi connectivity index (χ0n) is 8.74. The Bertz CT molecular complexity index is 565. The van der Waals surface area contributed by atoms with E-state index in [2.05, 4.69) is 0 Å². The molecule has 0 bridgehead atoms. The van der Waals surface area contributed by atoms with Crippen molar-refractivity contribution in [3.63, 3.8) is 0 Å². The van der Waals surface area contributed by atoms with Crippen LogP contribution in [0.4, 0.5) is 5.69 Å². The topological polar surface area (TPSA) is 43.1 Å². The van der Waals surface area contributed by atoms with E-state index >= 15 is 0 Å². The minimum atomic E-state index is 0.00502. The number of halogens is 2. The van der Waals surface area contributed by atoms with Crippen LogP contribution in [-0.2, 0) is 6.42 Å². The summed E-state index contributed by atoms with van der Waals surface area (Å²) in [5, 5.41) is 0.403. The molecule has 0 fully saturated rings. The van der Waals surface area contributed by atoms with Crippen molar-refractivity contribution in [2.45, 2.75) is 6.42 Å². The van der Waals surface area contributed by atoms with Crippen LogP contribution in [0, 0.1) is 0 Å². The van der Waals surface area contributed by atoms with Crippen molar-refractivity contribution in [1.82, 2.24) is 0 Å². The maximum absolute atomic E-state index is 12.0. The van der Waals surface area contributed by atoms with E-state index in [0.717, 1.165) is 4.88 Å². The Morgan fingerprint density at radius 3 is 2.59 bits per heavy atom. The number of carbonyl (C=O) groups is 1. The predicted molar refractivity (Wildman–Crippen MR) is 73.2 cm³/mol. The van der Waals surface area contributed by atoms with E-state index in [0.29, 0.717) is 27.0 Å². The normalized spacial score (nSPS) is 10.5. The van der Waals surface area contributed by atoms with E-state index < -0.39 is 0 Å². The van der Waals surface area contributed by atoms with Crippen molar-refractivity contribution in [3.8, 4) is 0 Å². The smallest absolute Gasteiger partial charge is 0.168 e. The van der Waals surface area contributed by atoms with E-state index in [1.54, 1.807) is 24.3 Å². The molecule has 0 aliphatic rings. The van der Waals surface area contributed by atoms with Gasteiger partial charge in [-0.05, 0) is 30.3 Å². The van der Waals surface area contributed by atoms with Crippen molar-refractivity contribution >= 4 is 46.0 Å². The molecule has 0 amide bonds. The van der Waals surface area contributed by atoms with Crippen molar-refractivity contribution in [2.24, 2.45) is 0 Å². The molecule has 2 N–H and O–H groups in total. The molecule has 0 radical (unpaired) electrons. The average Bonchev–Trinajstić information content (AvgIpc) is 2.68. The van der Waals surface area contributed by atoms with Crippen LogP contribution in [0.5, 0.6) is 0 Å². The molecule has 0 aliphatic heterocycles. The Hall–Kier alpha value is -1.03. The van der Waals surface area contributed by atoms with Gasteiger partial charge in [0.1, 0.15) is 0 Å². The number of carbonyl (C=O) groups excluding carboxylic acids is 1. The second kappa shape index (κ2) is 5.08. The second-order valence-electron chi connectivity index (χ2n) is 3.54. The Labute approximate surface area is 113 Å². The quantitative estimate of drug-likeness (QED) is 0.683. The molecule has 2 rings (SSSR count). The number of benzene rings is 1. The van der Waals surface area contributed by atoms with Crippen LogP contribution in [0.25, 0.3) is 0 Å². The molecular formula is C12H9Cl2NOS. The van der Waals surface area contributed by atoms with E-state index in [1.165, 1.54) is 11.3 Å². The van der Waals surface area contributed by atoms with Crippen LogP contribution in [0.3, 0.4) is 0 Å². The van der Waals surface area contributed by atoms with Crippen molar-refractivity contribution in [1.29, 1.82) is 0 Å². The van der Waals surface area contributed by atoms with Crippen molar-refractivity contribution in [2.75, 3.05) is 5.73 Å². The monoisotopic (exact) mass is 285 g/mol. The van der Waals surface area contributed by atoms with Gasteiger partial charge in [-0.1, -0.05) is 23.2 Å². The first-order chi connectivity index (χ1) is 8.06. The summed E-state index contributed by atoms with van der Waals surface area (Å²) in [5.41, 5.74) is 6.62. The molecule has 0 spiro atoms. The van der Waals surface area contributed by atoms with Gasteiger partial charge >= 0.3 is 0 Å². The molecule has 0 atom stereocenters. The number of nitrogens with two attached hydrogens (primary N) is 1. The largest absolute Gasteiger partial charge is 0.398 e. The van der Waals surface area contributed by atoms with Crippen LogP contribution in [-0.4, -0.2) is 5.78 Å². The third-order valence-corrected chi connectivity index (χ3v) is 3.84. The third-order valence-electron chi connectivity index (χ3n) is 2.29. The van der Waals surface area contributed by atoms with Crippen LogP contribution in [0.1, 0.15) is 15.2 Å². The maximum Gasteiger partial charge on any atom is 0.168 e. The van der Waals surface area contributed by atoms with Gasteiger partial charge in [-0.25, -0.2) is 0 Å². The first-order valence-electron chi connectivity index (χ1n) is 4.88. The molecule has 0 unspecified atom stereocenters. The molecule has 1 aromatic carbocycles. The molecular weight excluding hydrogens is 277 g/mol. The highest BCUT2D eigenvalue weighted by Crippen LogP contribution is 2.24. The summed E-state index contributed by atoms with van der Waals surface area (Å²) in [4.78, 5) is 12.9. The second-order valence-corrected chi connectivity index (χ2v) is 5.75. The summed E-state index contributed by atoms with van der Waals surface area (Å²) in [7, 11) is 0. The maximum atomic E-state index is 12.0. The summed E-state index contributed by atoms with van der Waals surface area (Å²) in [6.07, 6.45) is 0.331. The van der Waals surface area contributed by atoms with Crippen molar-refractivity contribution < 1.29 is 4.79 Å². The molecule has 2 aromatic rings. The predicted octanol–water partition coefficient (Wildman–Crippen LogP) is 4.06. The van der Waals surface area contributed by atoms with E-state index in [4.69, 9.17) is 28.9 Å². The third kappa shape index (κ3) is 3.00. The Kier molecular flexibility index (Phi) is 3.72. The summed E-state index contributed by atoms with van der Waals surface area (Å²) in [5.74, 6) is 0.00502. The van der Waals surface area contributed by atoms with E-state index in [-0.39, 0.29) is 5.78 Å². The average molecular weight is 286 g/mol. The zero-order chi connectivity index (χ0) is 12.4. The van der Waals surface area contributed by atoms with Gasteiger partial charge in [-0.3, -0.25) is 4.79 Å². The number of anilines is 1. The number of Topliss-reactive ketones (excluding diaryl/α,β-unsaturated/α-hetero) is 1. The molecule has 17 heavy (non-hydrogen) atoms. The SMILES string of the molecule is Nc1ccc(C(=O)Cc2ccc(Cl)s2)cc1Cl. The van der Waals surface area contributed by atoms with Crippen molar-refractivity contribution in [3.05, 3.63) is 50.1 Å². The van der Waals surface area contributed by atoms with E-state index in [1.807, 2.05) is 6.07 Å². The van der Waals surface area contributed by atoms with E-state index in [9.17, 15) is 4.79 Å². The van der Waals surface area contributed by atoms with Gasteiger partial charge in [0.25, 0.3) is 0 Å². The number of nitrogen functional groups attached to an aromatic ring is 1. The minimum Gasteiger partial charge on any atom is -0.398 e. The van der Waals surface area contributed by atoms with Gasteiger partial charge in [-0.15, -0.1) is 11.3 Å². The molecule has 0 aliphatic carbocycles. The molecule has 88 valence electrons. The summed E-state index contributed by atoms with van der Waals surface area (Å²) in [6.45, 7) is 0. The Balaban J connectivity index is 2.17. The number of hydrogen-bond acceptors (Lipinski definition) is 3. The summed E-state index contributed by atoms with van der Waals surface area (Å²) >= 11 is 13.1. The van der Waals surface area contributed by atoms with Crippen LogP contribution in [0.2, 0.25) is 9.36 Å². The number of rotatable bonds is 3. The Morgan fingerprint density at radius 2 is 2.00 bits per heavy atom. The molecule has 1 heterocycles. The lowest BCUT2D eigenvalue weighted by Crippen LogP contribution is -2.02. The van der Waals surface area contributed by atoms with Crippen LogP contribution >= 0.6 is 34.5 Å². The van der Waals surface area contributed by atoms with Crippen LogP contribution < -0.4 is 5.73 Å². The molecule has 5 heteroatoms. The fourth-order valence-corrected chi connectivity index (χ4v) is 2.67. The van der Waals surface area contributed by atoms with Gasteiger partial charge in [0.05, 0.1) is 15.0 Å². The van der Waals surface area contributed by atoms with Gasteiger partial charge < -0.3 is 5.73 Å². The lowest BCUT2D eigenvalue weighted by molar-refractivity contribution is 0.0994. The van der Waals surface area contributed by atoms with Crippen LogP contribution in [0.15, 0.2) is 30.3 Å². The highest BCUT2D eigenvalue weighted by Gasteiger charge is 2.10. The summed E-state index contributed by atoms with van der Waals surface area (Å²) in [6, 6.07) is 8.54. The number of hydrogen-bond donors (Lipinski definition) is 1. The highest BCUT2D eigenvalue weighted by molar-refractivity contribution is 7.16. The zero-order valence-corrected chi connectivity index (χ0v) is 11.1. The molecule has 1 aromatic heterocycles. The first-order valence-corrected chi connectivity index (χ1v) is 6.46.